The third-order valence-corrected chi connectivity index (χ3v) is 3.84. The maximum Gasteiger partial charge on any atom is 0.410 e. The second kappa shape index (κ2) is 6.65. The van der Waals surface area contributed by atoms with Gasteiger partial charge in [-0.05, 0) is 25.7 Å². The molecule has 1 aromatic rings. The van der Waals surface area contributed by atoms with E-state index >= 15 is 0 Å². The summed E-state index contributed by atoms with van der Waals surface area (Å²) in [7, 11) is 3.92. The van der Waals surface area contributed by atoms with Crippen LogP contribution in [-0.2, 0) is 23.1 Å². The highest BCUT2D eigenvalue weighted by Gasteiger charge is 2.24. The van der Waals surface area contributed by atoms with Crippen LogP contribution in [0.3, 0.4) is 0 Å². The quantitative estimate of drug-likeness (QED) is 0.860. The Hall–Kier alpha value is -1.62. The van der Waals surface area contributed by atoms with Crippen LogP contribution in [0.5, 0.6) is 0 Å². The number of rotatable bonds is 3. The van der Waals surface area contributed by atoms with Crippen LogP contribution in [0, 0.1) is 0 Å². The van der Waals surface area contributed by atoms with Crippen molar-refractivity contribution >= 4 is 6.09 Å². The molecular weight excluding hydrogens is 278 g/mol. The number of pyridine rings is 1. The highest BCUT2D eigenvalue weighted by atomic mass is 16.6. The van der Waals surface area contributed by atoms with Crippen molar-refractivity contribution in [3.63, 3.8) is 0 Å². The zero-order valence-electron chi connectivity index (χ0n) is 14.3. The van der Waals surface area contributed by atoms with Crippen LogP contribution in [0.1, 0.15) is 37.7 Å². The number of hydrogen-bond donors (Lipinski definition) is 0. The summed E-state index contributed by atoms with van der Waals surface area (Å²) in [5.41, 5.74) is 3.40. The Morgan fingerprint density at radius 1 is 1.36 bits per heavy atom. The minimum Gasteiger partial charge on any atom is -0.448 e. The van der Waals surface area contributed by atoms with Crippen LogP contribution in [-0.4, -0.2) is 54.7 Å². The molecule has 1 aliphatic heterocycles. The molecule has 5 nitrogen and oxygen atoms in total. The first-order valence-corrected chi connectivity index (χ1v) is 7.83. The van der Waals surface area contributed by atoms with Gasteiger partial charge in [0.05, 0.1) is 6.54 Å². The fourth-order valence-electron chi connectivity index (χ4n) is 2.40. The lowest BCUT2D eigenvalue weighted by molar-refractivity contribution is 0.0916. The predicted octanol–water partition coefficient (Wildman–Crippen LogP) is 2.44. The number of fused-ring (bicyclic) bond motifs is 1. The van der Waals surface area contributed by atoms with E-state index in [1.165, 1.54) is 0 Å². The van der Waals surface area contributed by atoms with Gasteiger partial charge in [0.25, 0.3) is 0 Å². The van der Waals surface area contributed by atoms with E-state index in [0.29, 0.717) is 19.7 Å². The molecule has 0 spiro atoms. The van der Waals surface area contributed by atoms with Gasteiger partial charge in [0.1, 0.15) is 6.61 Å². The van der Waals surface area contributed by atoms with Crippen molar-refractivity contribution in [2.24, 2.45) is 0 Å². The summed E-state index contributed by atoms with van der Waals surface area (Å²) in [6.07, 6.45) is 0.564. The summed E-state index contributed by atoms with van der Waals surface area (Å²) < 4.78 is 5.31. The third kappa shape index (κ3) is 4.19. The average molecular weight is 305 g/mol. The third-order valence-electron chi connectivity index (χ3n) is 3.84. The molecule has 1 aliphatic rings. The van der Waals surface area contributed by atoms with Crippen molar-refractivity contribution in [1.29, 1.82) is 0 Å². The van der Waals surface area contributed by atoms with Gasteiger partial charge in [-0.15, -0.1) is 0 Å². The van der Waals surface area contributed by atoms with Crippen molar-refractivity contribution in [2.45, 2.75) is 39.2 Å². The average Bonchev–Trinajstić information content (AvgIpc) is 2.44. The first kappa shape index (κ1) is 16.7. The topological polar surface area (TPSA) is 45.7 Å². The van der Waals surface area contributed by atoms with Crippen molar-refractivity contribution in [1.82, 2.24) is 14.8 Å². The van der Waals surface area contributed by atoms with E-state index in [9.17, 15) is 4.79 Å². The molecule has 0 saturated heterocycles. The van der Waals surface area contributed by atoms with E-state index in [4.69, 9.17) is 9.72 Å². The Bertz CT molecular complexity index is 535. The standard InChI is InChI=1S/C17H27N3O2/c1-17(2,3)15-7-6-13-12-20(9-8-14(13)18-15)16(21)22-11-10-19(4)5/h6-7H,8-12H2,1-5H3. The Balaban J connectivity index is 1.98. The fraction of sp³-hybridized carbons (Fsp3) is 0.647. The van der Waals surface area contributed by atoms with Crippen LogP contribution in [0.4, 0.5) is 4.79 Å². The molecule has 22 heavy (non-hydrogen) atoms. The summed E-state index contributed by atoms with van der Waals surface area (Å²) in [5, 5.41) is 0. The number of likely N-dealkylation sites (N-methyl/N-ethyl adjacent to an activating group) is 1. The summed E-state index contributed by atoms with van der Waals surface area (Å²) in [4.78, 5) is 20.6. The summed E-state index contributed by atoms with van der Waals surface area (Å²) in [6.45, 7) is 8.93. The molecule has 0 N–H and O–H groups in total. The van der Waals surface area contributed by atoms with Gasteiger partial charge in [-0.1, -0.05) is 26.8 Å². The molecule has 2 rings (SSSR count). The molecule has 0 aromatic carbocycles. The van der Waals surface area contributed by atoms with Crippen LogP contribution in [0.25, 0.3) is 0 Å². The summed E-state index contributed by atoms with van der Waals surface area (Å²) in [5.74, 6) is 0. The Morgan fingerprint density at radius 2 is 2.09 bits per heavy atom. The van der Waals surface area contributed by atoms with Gasteiger partial charge in [-0.25, -0.2) is 4.79 Å². The highest BCUT2D eigenvalue weighted by molar-refractivity contribution is 5.68. The number of hydrogen-bond acceptors (Lipinski definition) is 4. The number of ether oxygens (including phenoxy) is 1. The zero-order valence-corrected chi connectivity index (χ0v) is 14.3. The Labute approximate surface area is 133 Å². The lowest BCUT2D eigenvalue weighted by Gasteiger charge is -2.29. The van der Waals surface area contributed by atoms with Crippen molar-refractivity contribution in [2.75, 3.05) is 33.8 Å². The normalized spacial score (nSPS) is 14.9. The van der Waals surface area contributed by atoms with Crippen LogP contribution < -0.4 is 0 Å². The number of carbonyl (C=O) groups is 1. The van der Waals surface area contributed by atoms with Crippen molar-refractivity contribution < 1.29 is 9.53 Å². The van der Waals surface area contributed by atoms with E-state index < -0.39 is 0 Å². The molecule has 5 heteroatoms. The molecule has 0 bridgehead atoms. The monoisotopic (exact) mass is 305 g/mol. The van der Waals surface area contributed by atoms with Crippen LogP contribution in [0.2, 0.25) is 0 Å². The molecule has 0 unspecified atom stereocenters. The van der Waals surface area contributed by atoms with E-state index in [1.807, 2.05) is 19.0 Å². The molecular formula is C17H27N3O2. The smallest absolute Gasteiger partial charge is 0.410 e. The molecule has 1 amide bonds. The molecule has 0 aliphatic carbocycles. The highest BCUT2D eigenvalue weighted by Crippen LogP contribution is 2.24. The van der Waals surface area contributed by atoms with Gasteiger partial charge in [-0.2, -0.15) is 0 Å². The van der Waals surface area contributed by atoms with Gasteiger partial charge >= 0.3 is 6.09 Å². The maximum absolute atomic E-state index is 12.1. The summed E-state index contributed by atoms with van der Waals surface area (Å²) >= 11 is 0. The second-order valence-corrected chi connectivity index (χ2v) is 7.14. The lowest BCUT2D eigenvalue weighted by atomic mass is 9.90. The number of aromatic nitrogens is 1. The van der Waals surface area contributed by atoms with Gasteiger partial charge < -0.3 is 14.5 Å². The molecule has 122 valence electrons. The van der Waals surface area contributed by atoms with E-state index in [-0.39, 0.29) is 11.5 Å². The predicted molar refractivity (Wildman–Crippen MR) is 87.0 cm³/mol. The second-order valence-electron chi connectivity index (χ2n) is 7.14. The molecule has 2 heterocycles. The van der Waals surface area contributed by atoms with Crippen LogP contribution >= 0.6 is 0 Å². The Kier molecular flexibility index (Phi) is 5.06. The molecule has 0 radical (unpaired) electrons. The zero-order chi connectivity index (χ0) is 16.3. The van der Waals surface area contributed by atoms with Crippen molar-refractivity contribution in [3.05, 3.63) is 29.1 Å². The van der Waals surface area contributed by atoms with E-state index in [0.717, 1.165) is 29.9 Å². The van der Waals surface area contributed by atoms with E-state index in [1.54, 1.807) is 4.90 Å². The van der Waals surface area contributed by atoms with Gasteiger partial charge in [0, 0.05) is 36.3 Å². The molecule has 0 fully saturated rings. The van der Waals surface area contributed by atoms with Crippen LogP contribution in [0.15, 0.2) is 12.1 Å². The fourth-order valence-corrected chi connectivity index (χ4v) is 2.40. The molecule has 1 aromatic heterocycles. The van der Waals surface area contributed by atoms with Gasteiger partial charge in [0.2, 0.25) is 0 Å². The van der Waals surface area contributed by atoms with E-state index in [2.05, 4.69) is 32.9 Å². The number of carbonyl (C=O) groups excluding carboxylic acids is 1. The summed E-state index contributed by atoms with van der Waals surface area (Å²) in [6, 6.07) is 4.17. The maximum atomic E-state index is 12.1. The first-order valence-electron chi connectivity index (χ1n) is 7.83. The van der Waals surface area contributed by atoms with Gasteiger partial charge in [0.15, 0.2) is 0 Å². The van der Waals surface area contributed by atoms with Crippen molar-refractivity contribution in [3.8, 4) is 0 Å². The molecule has 0 atom stereocenters. The largest absolute Gasteiger partial charge is 0.448 e. The molecule has 0 saturated carbocycles. The first-order chi connectivity index (χ1) is 10.3. The Morgan fingerprint density at radius 3 is 2.73 bits per heavy atom. The number of amides is 1. The SMILES string of the molecule is CN(C)CCOC(=O)N1CCc2nc(C(C)(C)C)ccc2C1. The van der Waals surface area contributed by atoms with Gasteiger partial charge in [-0.3, -0.25) is 4.98 Å². The minimum atomic E-state index is -0.229. The lowest BCUT2D eigenvalue weighted by Crippen LogP contribution is -2.38. The number of nitrogens with zero attached hydrogens (tertiary/aromatic N) is 3. The minimum absolute atomic E-state index is 0.0529.